The van der Waals surface area contributed by atoms with E-state index in [1.54, 1.807) is 0 Å². The Morgan fingerprint density at radius 2 is 2.00 bits per heavy atom. The van der Waals surface area contributed by atoms with Crippen molar-refractivity contribution < 1.29 is 14.7 Å². The molecule has 2 N–H and O–H groups in total. The Kier molecular flexibility index (Phi) is 3.94. The zero-order chi connectivity index (χ0) is 11.4. The summed E-state index contributed by atoms with van der Waals surface area (Å²) in [5.74, 6) is -1.69. The molecule has 80 valence electrons. The zero-order valence-corrected chi connectivity index (χ0v) is 8.97. The van der Waals surface area contributed by atoms with Gasteiger partial charge in [0.25, 0.3) is 5.91 Å². The number of rotatable bonds is 3. The van der Waals surface area contributed by atoms with Gasteiger partial charge in [0.1, 0.15) is 6.54 Å². The lowest BCUT2D eigenvalue weighted by molar-refractivity contribution is -0.135. The molecule has 0 aliphatic carbocycles. The second-order valence-electron chi connectivity index (χ2n) is 2.70. The van der Waals surface area contributed by atoms with Crippen molar-refractivity contribution in [3.8, 4) is 0 Å². The van der Waals surface area contributed by atoms with Crippen LogP contribution in [0.2, 0.25) is 10.0 Å². The molecular weight excluding hydrogens is 250 g/mol. The van der Waals surface area contributed by atoms with E-state index in [-0.39, 0.29) is 10.6 Å². The minimum Gasteiger partial charge on any atom is -0.480 e. The van der Waals surface area contributed by atoms with Crippen molar-refractivity contribution >= 4 is 35.1 Å². The number of hydrogen-bond acceptors (Lipinski definition) is 2. The van der Waals surface area contributed by atoms with E-state index in [0.717, 1.165) is 0 Å². The summed E-state index contributed by atoms with van der Waals surface area (Å²) in [6, 6.07) is 4.39. The van der Waals surface area contributed by atoms with Gasteiger partial charge in [-0.25, -0.2) is 0 Å². The quantitative estimate of drug-likeness (QED) is 0.811. The van der Waals surface area contributed by atoms with Crippen LogP contribution in [0.3, 0.4) is 0 Å². The maximum absolute atomic E-state index is 11.4. The molecule has 1 rings (SSSR count). The molecule has 0 aromatic heterocycles. The van der Waals surface area contributed by atoms with Crippen LogP contribution in [0.1, 0.15) is 10.4 Å². The predicted octanol–water partition coefficient (Wildman–Crippen LogP) is 1.81. The number of halogens is 2. The standard InChI is InChI=1S/C9H7Cl2NO3/c10-5-1-2-7(11)6(3-5)9(15)12-4-8(13)14/h1-3H,4H2,(H,12,15)(H,13,14)/i1+1,2+1,3+1,4+1,5+1,6+1,7+1,8+1,9+1. The first kappa shape index (κ1) is 11.8. The fourth-order valence-electron chi connectivity index (χ4n) is 0.923. The maximum Gasteiger partial charge on any atom is 0.322 e. The molecule has 0 spiro atoms. The lowest BCUT2D eigenvalue weighted by Crippen LogP contribution is -2.29. The monoisotopic (exact) mass is 256 g/mol. The molecule has 1 aromatic carbocycles. The second-order valence-corrected chi connectivity index (χ2v) is 3.54. The third kappa shape index (κ3) is 3.42. The average molecular weight is 257 g/mol. The van der Waals surface area contributed by atoms with Gasteiger partial charge in [0.2, 0.25) is 0 Å². The highest BCUT2D eigenvalue weighted by atomic mass is 35.5. The molecule has 15 heavy (non-hydrogen) atoms. The van der Waals surface area contributed by atoms with E-state index in [1.165, 1.54) is 18.2 Å². The fourth-order valence-corrected chi connectivity index (χ4v) is 1.30. The summed E-state index contributed by atoms with van der Waals surface area (Å²) >= 11 is 11.4. The van der Waals surface area contributed by atoms with E-state index in [4.69, 9.17) is 28.3 Å². The molecule has 0 unspecified atom stereocenters. The summed E-state index contributed by atoms with van der Waals surface area (Å²) in [5.41, 5.74) is 0.158. The summed E-state index contributed by atoms with van der Waals surface area (Å²) in [6.07, 6.45) is 0. The van der Waals surface area contributed by atoms with Crippen molar-refractivity contribution in [3.05, 3.63) is 33.8 Å². The number of hydrogen-bond donors (Lipinski definition) is 2. The number of aliphatic carboxylic acids is 1. The predicted molar refractivity (Wildman–Crippen MR) is 56.4 cm³/mol. The molecule has 0 heterocycles. The number of carboxylic acid groups (broad SMARTS) is 1. The van der Waals surface area contributed by atoms with E-state index in [1.807, 2.05) is 0 Å². The summed E-state index contributed by atoms with van der Waals surface area (Å²) in [6.45, 7) is -0.457. The smallest absolute Gasteiger partial charge is 0.322 e. The van der Waals surface area contributed by atoms with Gasteiger partial charge in [0.05, 0.1) is 10.6 Å². The molecule has 6 heteroatoms. The van der Waals surface area contributed by atoms with Crippen LogP contribution < -0.4 is 5.32 Å². The minimum absolute atomic E-state index is 0.158. The number of carbonyl (C=O) groups excluding carboxylic acids is 1. The van der Waals surface area contributed by atoms with Crippen LogP contribution >= 0.6 is 23.2 Å². The summed E-state index contributed by atoms with van der Waals surface area (Å²) < 4.78 is 0. The first-order valence-electron chi connectivity index (χ1n) is 3.95. The molecule has 0 saturated carbocycles. The van der Waals surface area contributed by atoms with Crippen molar-refractivity contribution in [1.29, 1.82) is 0 Å². The minimum atomic E-state index is -1.12. The Bertz CT molecular complexity index is 406. The van der Waals surface area contributed by atoms with E-state index in [9.17, 15) is 9.59 Å². The molecule has 4 nitrogen and oxygen atoms in total. The summed E-state index contributed by atoms with van der Waals surface area (Å²) in [5, 5.41) is 11.1. The summed E-state index contributed by atoms with van der Waals surface area (Å²) in [7, 11) is 0. The topological polar surface area (TPSA) is 66.4 Å². The lowest BCUT2D eigenvalue weighted by Gasteiger charge is -2.04. The highest BCUT2D eigenvalue weighted by Gasteiger charge is 2.11. The van der Waals surface area contributed by atoms with Crippen molar-refractivity contribution in [2.75, 3.05) is 6.54 Å². The molecule has 0 bridgehead atoms. The number of nitrogens with one attached hydrogen (secondary N) is 1. The third-order valence-electron chi connectivity index (χ3n) is 1.57. The van der Waals surface area contributed by atoms with Gasteiger partial charge in [-0.3, -0.25) is 9.59 Å². The van der Waals surface area contributed by atoms with Crippen molar-refractivity contribution in [2.45, 2.75) is 0 Å². The van der Waals surface area contributed by atoms with Crippen LogP contribution in [0.15, 0.2) is 18.2 Å². The normalized spacial score (nSPS) is 9.73. The Labute approximate surface area is 95.8 Å². The maximum atomic E-state index is 11.4. The van der Waals surface area contributed by atoms with Gasteiger partial charge < -0.3 is 10.4 Å². The van der Waals surface area contributed by atoms with E-state index >= 15 is 0 Å². The molecule has 0 saturated heterocycles. The van der Waals surface area contributed by atoms with Crippen LogP contribution in [0, 0.1) is 0 Å². The van der Waals surface area contributed by atoms with Crippen LogP contribution in [0.25, 0.3) is 0 Å². The first-order chi connectivity index (χ1) is 7.00. The average Bonchev–Trinajstić information content (AvgIpc) is 2.18. The molecule has 1 amide bonds. The molecule has 0 aliphatic heterocycles. The highest BCUT2D eigenvalue weighted by Crippen LogP contribution is 2.20. The molecule has 0 atom stereocenters. The number of carboxylic acids is 1. The third-order valence-corrected chi connectivity index (χ3v) is 2.14. The van der Waals surface area contributed by atoms with Gasteiger partial charge in [0, 0.05) is 5.02 Å². The van der Waals surface area contributed by atoms with E-state index in [2.05, 4.69) is 5.32 Å². The lowest BCUT2D eigenvalue weighted by atomic mass is 11.1. The van der Waals surface area contributed by atoms with Gasteiger partial charge in [-0.1, -0.05) is 23.2 Å². The number of amides is 1. The van der Waals surface area contributed by atoms with Gasteiger partial charge in [-0.05, 0) is 18.2 Å². The number of carbonyl (C=O) groups is 2. The molecule has 1 aromatic rings. The van der Waals surface area contributed by atoms with Crippen molar-refractivity contribution in [1.82, 2.24) is 5.32 Å². The van der Waals surface area contributed by atoms with E-state index in [0.29, 0.717) is 5.02 Å². The highest BCUT2D eigenvalue weighted by molar-refractivity contribution is 6.35. The Morgan fingerprint density at radius 1 is 1.33 bits per heavy atom. The van der Waals surface area contributed by atoms with Gasteiger partial charge in [-0.2, -0.15) is 0 Å². The number of benzene rings is 1. The van der Waals surface area contributed by atoms with Crippen molar-refractivity contribution in [3.63, 3.8) is 0 Å². The van der Waals surface area contributed by atoms with Crippen LogP contribution in [0.5, 0.6) is 0 Å². The van der Waals surface area contributed by atoms with Crippen molar-refractivity contribution in [2.24, 2.45) is 0 Å². The second kappa shape index (κ2) is 5.00. The molecule has 0 radical (unpaired) electrons. The molecule has 0 aliphatic rings. The van der Waals surface area contributed by atoms with Crippen LogP contribution in [-0.2, 0) is 4.79 Å². The SMILES string of the molecule is O=[13C](O)[13CH2]N[13C](=O)[13c]1[13cH][13c](Cl)[13cH][13cH][13c]1Cl. The summed E-state index contributed by atoms with van der Waals surface area (Å²) in [4.78, 5) is 21.6. The Balaban J connectivity index is 2.81. The van der Waals surface area contributed by atoms with Gasteiger partial charge >= 0.3 is 5.97 Å². The Hall–Kier alpha value is -1.26. The molecule has 0 fully saturated rings. The van der Waals surface area contributed by atoms with Gasteiger partial charge in [0.15, 0.2) is 0 Å². The molecular formula is C9H7Cl2NO3. The van der Waals surface area contributed by atoms with Gasteiger partial charge in [-0.15, -0.1) is 0 Å². The van der Waals surface area contributed by atoms with E-state index < -0.39 is 18.4 Å². The zero-order valence-electron chi connectivity index (χ0n) is 7.46. The fraction of sp³-hybridized carbons (Fsp3) is 0.111. The first-order valence-corrected chi connectivity index (χ1v) is 4.71. The Morgan fingerprint density at radius 3 is 2.60 bits per heavy atom. The van der Waals surface area contributed by atoms with Crippen LogP contribution in [0.4, 0.5) is 0 Å². The largest absolute Gasteiger partial charge is 0.480 e. The van der Waals surface area contributed by atoms with Crippen LogP contribution in [-0.4, -0.2) is 23.5 Å².